The summed E-state index contributed by atoms with van der Waals surface area (Å²) < 4.78 is 5.41. The number of nitrogens with zero attached hydrogens (tertiary/aromatic N) is 1. The normalized spacial score (nSPS) is 10.4. The molecule has 0 fully saturated rings. The van der Waals surface area contributed by atoms with Crippen LogP contribution in [0.15, 0.2) is 48.5 Å². The van der Waals surface area contributed by atoms with Crippen LogP contribution in [0.5, 0.6) is 5.75 Å². The first-order valence-electron chi connectivity index (χ1n) is 7.66. The van der Waals surface area contributed by atoms with Crippen molar-refractivity contribution < 1.29 is 14.3 Å². The van der Waals surface area contributed by atoms with Crippen LogP contribution >= 0.6 is 11.6 Å². The lowest BCUT2D eigenvalue weighted by atomic mass is 10.2. The second kappa shape index (κ2) is 9.05. The lowest BCUT2D eigenvalue weighted by Gasteiger charge is -2.14. The Bertz CT molecular complexity index is 750. The lowest BCUT2D eigenvalue weighted by Crippen LogP contribution is -2.28. The van der Waals surface area contributed by atoms with Gasteiger partial charge in [0.15, 0.2) is 6.61 Å². The summed E-state index contributed by atoms with van der Waals surface area (Å²) in [6, 6.07) is 13.9. The molecular weight excluding hydrogens is 342 g/mol. The summed E-state index contributed by atoms with van der Waals surface area (Å²) in [5.41, 5.74) is 1.03. The van der Waals surface area contributed by atoms with Gasteiger partial charge in [0, 0.05) is 0 Å². The van der Waals surface area contributed by atoms with Crippen LogP contribution < -0.4 is 15.4 Å². The van der Waals surface area contributed by atoms with Crippen molar-refractivity contribution in [3.63, 3.8) is 0 Å². The second-order valence-corrected chi connectivity index (χ2v) is 6.01. The van der Waals surface area contributed by atoms with Crippen molar-refractivity contribution in [3.05, 3.63) is 53.6 Å². The van der Waals surface area contributed by atoms with Crippen LogP contribution in [-0.2, 0) is 9.59 Å². The number of anilines is 2. The van der Waals surface area contributed by atoms with E-state index >= 15 is 0 Å². The third-order valence-corrected chi connectivity index (χ3v) is 3.44. The van der Waals surface area contributed by atoms with E-state index in [4.69, 9.17) is 16.3 Å². The number of hydrogen-bond acceptors (Lipinski definition) is 4. The van der Waals surface area contributed by atoms with Gasteiger partial charge in [0.2, 0.25) is 5.91 Å². The summed E-state index contributed by atoms with van der Waals surface area (Å²) in [4.78, 5) is 25.8. The second-order valence-electron chi connectivity index (χ2n) is 5.60. The molecule has 2 rings (SSSR count). The van der Waals surface area contributed by atoms with Crippen LogP contribution in [0.25, 0.3) is 0 Å². The highest BCUT2D eigenvalue weighted by atomic mass is 35.5. The number of hydrogen-bond donors (Lipinski definition) is 2. The summed E-state index contributed by atoms with van der Waals surface area (Å²) >= 11 is 5.98. The molecule has 6 nitrogen and oxygen atoms in total. The van der Waals surface area contributed by atoms with Gasteiger partial charge in [0.1, 0.15) is 5.75 Å². The number of para-hydroxylation sites is 3. The van der Waals surface area contributed by atoms with E-state index in [0.29, 0.717) is 22.1 Å². The summed E-state index contributed by atoms with van der Waals surface area (Å²) in [7, 11) is 3.61. The van der Waals surface area contributed by atoms with Gasteiger partial charge in [-0.15, -0.1) is 0 Å². The van der Waals surface area contributed by atoms with E-state index in [1.54, 1.807) is 67.5 Å². The smallest absolute Gasteiger partial charge is 0.262 e. The Kier molecular flexibility index (Phi) is 6.80. The van der Waals surface area contributed by atoms with Crippen LogP contribution in [0.1, 0.15) is 0 Å². The number of carbonyl (C=O) groups is 2. The molecule has 0 radical (unpaired) electrons. The van der Waals surface area contributed by atoms with Crippen molar-refractivity contribution in [3.8, 4) is 5.75 Å². The van der Waals surface area contributed by atoms with Crippen LogP contribution in [-0.4, -0.2) is 44.0 Å². The Morgan fingerprint density at radius 3 is 2.12 bits per heavy atom. The molecule has 2 aromatic carbocycles. The van der Waals surface area contributed by atoms with E-state index in [2.05, 4.69) is 10.6 Å². The highest BCUT2D eigenvalue weighted by Crippen LogP contribution is 2.24. The molecule has 0 saturated carbocycles. The number of rotatable bonds is 7. The molecule has 0 aliphatic rings. The van der Waals surface area contributed by atoms with E-state index in [1.165, 1.54) is 0 Å². The lowest BCUT2D eigenvalue weighted by molar-refractivity contribution is -0.118. The average Bonchev–Trinajstić information content (AvgIpc) is 2.55. The van der Waals surface area contributed by atoms with Gasteiger partial charge < -0.3 is 20.3 Å². The van der Waals surface area contributed by atoms with Crippen molar-refractivity contribution in [1.82, 2.24) is 4.90 Å². The minimum atomic E-state index is -0.353. The highest BCUT2D eigenvalue weighted by Gasteiger charge is 2.11. The predicted octanol–water partition coefficient (Wildman–Crippen LogP) is 2.86. The fraction of sp³-hybridized carbons (Fsp3) is 0.222. The van der Waals surface area contributed by atoms with Crippen molar-refractivity contribution in [1.29, 1.82) is 0 Å². The Balaban J connectivity index is 1.96. The Labute approximate surface area is 151 Å². The van der Waals surface area contributed by atoms with Gasteiger partial charge in [-0.25, -0.2) is 0 Å². The molecular formula is C18H20ClN3O3. The van der Waals surface area contributed by atoms with Crippen molar-refractivity contribution >= 4 is 34.8 Å². The van der Waals surface area contributed by atoms with Crippen molar-refractivity contribution in [2.24, 2.45) is 0 Å². The Hall–Kier alpha value is -2.57. The molecule has 7 heteroatoms. The zero-order chi connectivity index (χ0) is 18.2. The SMILES string of the molecule is CN(C)CC(=O)Nc1ccccc1NC(=O)COc1ccccc1Cl. The van der Waals surface area contributed by atoms with Gasteiger partial charge in [0.25, 0.3) is 5.91 Å². The van der Waals surface area contributed by atoms with Gasteiger partial charge in [-0.3, -0.25) is 9.59 Å². The van der Waals surface area contributed by atoms with E-state index < -0.39 is 0 Å². The summed E-state index contributed by atoms with van der Waals surface area (Å²) in [5, 5.41) is 5.93. The monoisotopic (exact) mass is 361 g/mol. The Morgan fingerprint density at radius 2 is 1.52 bits per heavy atom. The van der Waals surface area contributed by atoms with Crippen LogP contribution in [0, 0.1) is 0 Å². The highest BCUT2D eigenvalue weighted by molar-refractivity contribution is 6.32. The summed E-state index contributed by atoms with van der Waals surface area (Å²) in [6.45, 7) is 0.0572. The van der Waals surface area contributed by atoms with Crippen molar-refractivity contribution in [2.45, 2.75) is 0 Å². The predicted molar refractivity (Wildman–Crippen MR) is 99.2 cm³/mol. The quantitative estimate of drug-likeness (QED) is 0.795. The van der Waals surface area contributed by atoms with E-state index in [-0.39, 0.29) is 25.0 Å². The van der Waals surface area contributed by atoms with Crippen molar-refractivity contribution in [2.75, 3.05) is 37.9 Å². The number of carbonyl (C=O) groups excluding carboxylic acids is 2. The maximum absolute atomic E-state index is 12.1. The maximum atomic E-state index is 12.1. The minimum absolute atomic E-state index is 0.168. The molecule has 0 aliphatic carbocycles. The molecule has 0 aromatic heterocycles. The van der Waals surface area contributed by atoms with Gasteiger partial charge in [0.05, 0.1) is 22.9 Å². The van der Waals surface area contributed by atoms with Gasteiger partial charge in [-0.05, 0) is 38.4 Å². The average molecular weight is 362 g/mol. The fourth-order valence-corrected chi connectivity index (χ4v) is 2.26. The van der Waals surface area contributed by atoms with Crippen LogP contribution in [0.4, 0.5) is 11.4 Å². The molecule has 2 N–H and O–H groups in total. The molecule has 0 heterocycles. The number of nitrogens with one attached hydrogen (secondary N) is 2. The molecule has 0 aliphatic heterocycles. The van der Waals surface area contributed by atoms with E-state index in [1.807, 2.05) is 0 Å². The molecule has 0 unspecified atom stereocenters. The molecule has 0 saturated heterocycles. The first kappa shape index (κ1) is 18.8. The third-order valence-electron chi connectivity index (χ3n) is 3.13. The fourth-order valence-electron chi connectivity index (χ4n) is 2.07. The molecule has 2 aromatic rings. The number of halogens is 1. The zero-order valence-electron chi connectivity index (χ0n) is 14.1. The summed E-state index contributed by atoms with van der Waals surface area (Å²) in [6.07, 6.45) is 0. The zero-order valence-corrected chi connectivity index (χ0v) is 14.8. The number of benzene rings is 2. The molecule has 132 valence electrons. The number of likely N-dealkylation sites (N-methyl/N-ethyl adjacent to an activating group) is 1. The van der Waals surface area contributed by atoms with Gasteiger partial charge in [-0.1, -0.05) is 35.9 Å². The summed E-state index contributed by atoms with van der Waals surface area (Å²) in [5.74, 6) is -0.0832. The topological polar surface area (TPSA) is 70.7 Å². The molecule has 0 spiro atoms. The third kappa shape index (κ3) is 6.10. The van der Waals surface area contributed by atoms with Gasteiger partial charge in [-0.2, -0.15) is 0 Å². The number of ether oxygens (including phenoxy) is 1. The standard InChI is InChI=1S/C18H20ClN3O3/c1-22(2)11-17(23)20-14-8-4-5-9-15(14)21-18(24)12-25-16-10-6-3-7-13(16)19/h3-10H,11-12H2,1-2H3,(H,20,23)(H,21,24). The molecule has 2 amide bonds. The van der Waals surface area contributed by atoms with Gasteiger partial charge >= 0.3 is 0 Å². The van der Waals surface area contributed by atoms with Crippen LogP contribution in [0.3, 0.4) is 0 Å². The van der Waals surface area contributed by atoms with E-state index in [9.17, 15) is 9.59 Å². The van der Waals surface area contributed by atoms with Crippen LogP contribution in [0.2, 0.25) is 5.02 Å². The Morgan fingerprint density at radius 1 is 0.960 bits per heavy atom. The first-order chi connectivity index (χ1) is 12.0. The van der Waals surface area contributed by atoms with E-state index in [0.717, 1.165) is 0 Å². The molecule has 25 heavy (non-hydrogen) atoms. The minimum Gasteiger partial charge on any atom is -0.482 e. The largest absolute Gasteiger partial charge is 0.482 e. The molecule has 0 bridgehead atoms. The maximum Gasteiger partial charge on any atom is 0.262 e. The molecule has 0 atom stereocenters. The first-order valence-corrected chi connectivity index (χ1v) is 8.04. The number of amides is 2.